The van der Waals surface area contributed by atoms with Gasteiger partial charge >= 0.3 is 0 Å². The molecule has 0 aromatic carbocycles. The number of nitrogens with one attached hydrogen (secondary N) is 1. The molecule has 2 heterocycles. The van der Waals surface area contributed by atoms with Gasteiger partial charge in [0, 0.05) is 24.4 Å². The molecule has 106 valence electrons. The van der Waals surface area contributed by atoms with Gasteiger partial charge in [-0.3, -0.25) is 0 Å². The molecule has 0 saturated carbocycles. The van der Waals surface area contributed by atoms with Crippen molar-refractivity contribution in [1.29, 1.82) is 0 Å². The number of ether oxygens (including phenoxy) is 1. The lowest BCUT2D eigenvalue weighted by Gasteiger charge is -2.08. The average molecular weight is 273 g/mol. The Morgan fingerprint density at radius 1 is 1.15 bits per heavy atom. The van der Waals surface area contributed by atoms with Crippen molar-refractivity contribution in [2.45, 2.75) is 26.7 Å². The Balaban J connectivity index is 2.33. The third kappa shape index (κ3) is 3.40. The van der Waals surface area contributed by atoms with Crippen LogP contribution in [0.2, 0.25) is 0 Å². The van der Waals surface area contributed by atoms with Gasteiger partial charge in [-0.05, 0) is 18.9 Å². The molecule has 0 radical (unpaired) electrons. The summed E-state index contributed by atoms with van der Waals surface area (Å²) in [5, 5.41) is 11.3. The Bertz CT molecular complexity index is 556. The Hall–Kier alpha value is -2.24. The van der Waals surface area contributed by atoms with Gasteiger partial charge in [0.1, 0.15) is 11.5 Å². The molecule has 20 heavy (non-hydrogen) atoms. The highest BCUT2D eigenvalue weighted by Gasteiger charge is 2.08. The van der Waals surface area contributed by atoms with Crippen molar-refractivity contribution >= 4 is 5.82 Å². The van der Waals surface area contributed by atoms with E-state index in [1.165, 1.54) is 0 Å². The minimum atomic E-state index is 0.477. The molecule has 0 fully saturated rings. The molecule has 2 rings (SSSR count). The molecule has 0 saturated heterocycles. The topological polar surface area (TPSA) is 72.8 Å². The predicted molar refractivity (Wildman–Crippen MR) is 77.8 cm³/mol. The monoisotopic (exact) mass is 273 g/mol. The third-order valence-electron chi connectivity index (χ3n) is 2.78. The maximum Gasteiger partial charge on any atom is 0.233 e. The number of hydrogen-bond donors (Lipinski definition) is 1. The lowest BCUT2D eigenvalue weighted by molar-refractivity contribution is 0.392. The average Bonchev–Trinajstić information content (AvgIpc) is 2.52. The minimum absolute atomic E-state index is 0.477. The van der Waals surface area contributed by atoms with Gasteiger partial charge in [-0.15, -0.1) is 10.2 Å². The lowest BCUT2D eigenvalue weighted by atomic mass is 10.3. The van der Waals surface area contributed by atoms with Crippen LogP contribution in [-0.2, 0) is 6.42 Å². The number of aryl methyl sites for hydroxylation is 1. The van der Waals surface area contributed by atoms with Gasteiger partial charge in [-0.25, -0.2) is 9.97 Å². The van der Waals surface area contributed by atoms with Crippen LogP contribution in [-0.4, -0.2) is 33.8 Å². The quantitative estimate of drug-likeness (QED) is 0.870. The van der Waals surface area contributed by atoms with Crippen molar-refractivity contribution in [3.63, 3.8) is 0 Å². The van der Waals surface area contributed by atoms with Crippen LogP contribution in [0.1, 0.15) is 26.0 Å². The molecule has 0 unspecified atom stereocenters. The van der Waals surface area contributed by atoms with E-state index < -0.39 is 0 Å². The van der Waals surface area contributed by atoms with E-state index >= 15 is 0 Å². The zero-order chi connectivity index (χ0) is 14.4. The van der Waals surface area contributed by atoms with E-state index in [0.717, 1.165) is 30.9 Å². The standard InChI is InChI=1S/C14H19N5O/c1-4-8-15-12-9-10(5-2)16-14(17-12)11-6-7-13(20-3)19-18-11/h6-7,9H,4-5,8H2,1-3H3,(H,15,16,17). The molecular formula is C14H19N5O. The summed E-state index contributed by atoms with van der Waals surface area (Å²) >= 11 is 0. The fourth-order valence-corrected chi connectivity index (χ4v) is 1.68. The maximum atomic E-state index is 5.00. The number of aromatic nitrogens is 4. The SMILES string of the molecule is CCCNc1cc(CC)nc(-c2ccc(OC)nn2)n1. The van der Waals surface area contributed by atoms with Crippen LogP contribution in [0.5, 0.6) is 5.88 Å². The van der Waals surface area contributed by atoms with Gasteiger partial charge in [0.15, 0.2) is 5.82 Å². The molecule has 2 aromatic rings. The molecule has 0 amide bonds. The van der Waals surface area contributed by atoms with Crippen LogP contribution in [0.3, 0.4) is 0 Å². The molecule has 0 aliphatic carbocycles. The minimum Gasteiger partial charge on any atom is -0.480 e. The van der Waals surface area contributed by atoms with Gasteiger partial charge in [0.2, 0.25) is 5.88 Å². The van der Waals surface area contributed by atoms with Crippen LogP contribution in [0, 0.1) is 0 Å². The number of rotatable bonds is 6. The van der Waals surface area contributed by atoms with Crippen LogP contribution in [0.25, 0.3) is 11.5 Å². The third-order valence-corrected chi connectivity index (χ3v) is 2.78. The number of hydrogen-bond acceptors (Lipinski definition) is 6. The second-order valence-electron chi connectivity index (χ2n) is 4.31. The van der Waals surface area contributed by atoms with Crippen molar-refractivity contribution in [2.24, 2.45) is 0 Å². The van der Waals surface area contributed by atoms with Crippen LogP contribution in [0.4, 0.5) is 5.82 Å². The highest BCUT2D eigenvalue weighted by atomic mass is 16.5. The first kappa shape index (κ1) is 14.2. The fraction of sp³-hybridized carbons (Fsp3) is 0.429. The van der Waals surface area contributed by atoms with E-state index in [1.807, 2.05) is 12.1 Å². The van der Waals surface area contributed by atoms with Crippen molar-refractivity contribution < 1.29 is 4.74 Å². The molecule has 0 aliphatic heterocycles. The zero-order valence-electron chi connectivity index (χ0n) is 12.1. The summed E-state index contributed by atoms with van der Waals surface area (Å²) < 4.78 is 5.00. The second kappa shape index (κ2) is 6.79. The van der Waals surface area contributed by atoms with E-state index in [-0.39, 0.29) is 0 Å². The van der Waals surface area contributed by atoms with Gasteiger partial charge < -0.3 is 10.1 Å². The first-order valence-electron chi connectivity index (χ1n) is 6.76. The maximum absolute atomic E-state index is 5.00. The summed E-state index contributed by atoms with van der Waals surface area (Å²) in [7, 11) is 1.56. The highest BCUT2D eigenvalue weighted by molar-refractivity contribution is 5.52. The summed E-state index contributed by atoms with van der Waals surface area (Å²) in [6.07, 6.45) is 1.89. The lowest BCUT2D eigenvalue weighted by Crippen LogP contribution is -2.06. The fourth-order valence-electron chi connectivity index (χ4n) is 1.68. The molecule has 6 nitrogen and oxygen atoms in total. The smallest absolute Gasteiger partial charge is 0.233 e. The number of methoxy groups -OCH3 is 1. The molecule has 2 aromatic heterocycles. The Morgan fingerprint density at radius 2 is 2.00 bits per heavy atom. The molecule has 1 N–H and O–H groups in total. The van der Waals surface area contributed by atoms with Crippen molar-refractivity contribution in [1.82, 2.24) is 20.2 Å². The van der Waals surface area contributed by atoms with E-state index in [0.29, 0.717) is 17.4 Å². The van der Waals surface area contributed by atoms with E-state index in [1.54, 1.807) is 13.2 Å². The molecule has 0 atom stereocenters. The summed E-state index contributed by atoms with van der Waals surface area (Å²) in [6.45, 7) is 5.06. The van der Waals surface area contributed by atoms with Crippen molar-refractivity contribution in [3.8, 4) is 17.4 Å². The van der Waals surface area contributed by atoms with E-state index in [2.05, 4.69) is 39.3 Å². The summed E-state index contributed by atoms with van der Waals surface area (Å²) in [6, 6.07) is 5.53. The summed E-state index contributed by atoms with van der Waals surface area (Å²) in [5.74, 6) is 1.88. The van der Waals surface area contributed by atoms with E-state index in [9.17, 15) is 0 Å². The van der Waals surface area contributed by atoms with Gasteiger partial charge in [0.05, 0.1) is 7.11 Å². The van der Waals surface area contributed by atoms with Crippen molar-refractivity contribution in [3.05, 3.63) is 23.9 Å². The molecule has 0 aliphatic rings. The van der Waals surface area contributed by atoms with Gasteiger partial charge in [-0.2, -0.15) is 0 Å². The number of anilines is 1. The van der Waals surface area contributed by atoms with Crippen LogP contribution in [0.15, 0.2) is 18.2 Å². The highest BCUT2D eigenvalue weighted by Crippen LogP contribution is 2.17. The largest absolute Gasteiger partial charge is 0.480 e. The van der Waals surface area contributed by atoms with Crippen LogP contribution >= 0.6 is 0 Å². The zero-order valence-corrected chi connectivity index (χ0v) is 12.1. The number of nitrogens with zero attached hydrogens (tertiary/aromatic N) is 4. The first-order chi connectivity index (χ1) is 9.76. The normalized spacial score (nSPS) is 10.3. The Morgan fingerprint density at radius 3 is 2.60 bits per heavy atom. The van der Waals surface area contributed by atoms with Gasteiger partial charge in [-0.1, -0.05) is 13.8 Å². The molecule has 0 spiro atoms. The second-order valence-corrected chi connectivity index (χ2v) is 4.31. The molecular weight excluding hydrogens is 254 g/mol. The molecule has 6 heteroatoms. The van der Waals surface area contributed by atoms with Crippen molar-refractivity contribution in [2.75, 3.05) is 19.0 Å². The summed E-state index contributed by atoms with van der Waals surface area (Å²) in [4.78, 5) is 8.97. The molecule has 0 bridgehead atoms. The van der Waals surface area contributed by atoms with E-state index in [4.69, 9.17) is 4.74 Å². The Labute approximate surface area is 118 Å². The summed E-state index contributed by atoms with van der Waals surface area (Å²) in [5.41, 5.74) is 1.62. The first-order valence-corrected chi connectivity index (χ1v) is 6.76. The van der Waals surface area contributed by atoms with Gasteiger partial charge in [0.25, 0.3) is 0 Å². The predicted octanol–water partition coefficient (Wildman–Crippen LogP) is 2.33. The van der Waals surface area contributed by atoms with Crippen LogP contribution < -0.4 is 10.1 Å². The Kier molecular flexibility index (Phi) is 4.81.